The van der Waals surface area contributed by atoms with Crippen molar-refractivity contribution in [2.45, 2.75) is 19.3 Å². The molecule has 9 heteroatoms. The minimum atomic E-state index is -4.45. The van der Waals surface area contributed by atoms with E-state index in [-0.39, 0.29) is 18.1 Å². The summed E-state index contributed by atoms with van der Waals surface area (Å²) in [6, 6.07) is 15.7. The van der Waals surface area contributed by atoms with E-state index >= 15 is 0 Å². The minimum Gasteiger partial charge on any atom is -0.489 e. The number of carbonyl (C=O) groups is 1. The molecule has 0 aliphatic rings. The standard InChI is InChI=1S/C24H19F3N2O3S/c1-29(13-19-9-5-11-31-19)23(30)21-15-33-22(28-21)16-7-4-8-18(12-16)32-14-17-6-2-3-10-20(17)24(25,26)27/h2-12,15H,13-14H2,1H3. The van der Waals surface area contributed by atoms with Crippen molar-refractivity contribution in [3.05, 3.63) is 94.9 Å². The van der Waals surface area contributed by atoms with E-state index in [2.05, 4.69) is 4.98 Å². The number of benzene rings is 2. The monoisotopic (exact) mass is 472 g/mol. The number of hydrogen-bond acceptors (Lipinski definition) is 5. The molecule has 0 unspecified atom stereocenters. The van der Waals surface area contributed by atoms with Gasteiger partial charge in [0.1, 0.15) is 28.8 Å². The SMILES string of the molecule is CN(Cc1ccco1)C(=O)c1csc(-c2cccc(OCc3ccccc3C(F)(F)F)c2)n1. The molecule has 0 atom stereocenters. The van der Waals surface area contributed by atoms with Crippen molar-refractivity contribution in [2.75, 3.05) is 7.05 Å². The first-order valence-corrected chi connectivity index (χ1v) is 10.8. The van der Waals surface area contributed by atoms with E-state index in [1.807, 2.05) is 0 Å². The first kappa shape index (κ1) is 22.6. The zero-order chi connectivity index (χ0) is 23.4. The summed E-state index contributed by atoms with van der Waals surface area (Å²) in [5.74, 6) is 0.825. The second-order valence-electron chi connectivity index (χ2n) is 7.25. The Morgan fingerprint density at radius 1 is 1.12 bits per heavy atom. The average Bonchev–Trinajstić information content (AvgIpc) is 3.49. The molecule has 0 aliphatic carbocycles. The van der Waals surface area contributed by atoms with Crippen LogP contribution in [-0.2, 0) is 19.3 Å². The number of carbonyl (C=O) groups excluding carboxylic acids is 1. The lowest BCUT2D eigenvalue weighted by atomic mass is 10.1. The maximum Gasteiger partial charge on any atom is 0.416 e. The highest BCUT2D eigenvalue weighted by Gasteiger charge is 2.33. The van der Waals surface area contributed by atoms with E-state index in [0.29, 0.717) is 34.3 Å². The molecule has 0 N–H and O–H groups in total. The van der Waals surface area contributed by atoms with Gasteiger partial charge in [-0.15, -0.1) is 11.3 Å². The summed E-state index contributed by atoms with van der Waals surface area (Å²) in [6.07, 6.45) is -2.90. The summed E-state index contributed by atoms with van der Waals surface area (Å²) in [6.45, 7) is 0.0970. The molecule has 0 bridgehead atoms. The van der Waals surface area contributed by atoms with Crippen molar-refractivity contribution in [3.8, 4) is 16.3 Å². The number of thiazole rings is 1. The highest BCUT2D eigenvalue weighted by molar-refractivity contribution is 7.13. The number of amides is 1. The molecule has 4 aromatic rings. The van der Waals surface area contributed by atoms with Gasteiger partial charge in [0.15, 0.2) is 0 Å². The van der Waals surface area contributed by atoms with Crippen molar-refractivity contribution < 1.29 is 27.1 Å². The summed E-state index contributed by atoms with van der Waals surface area (Å²) in [7, 11) is 1.66. The summed E-state index contributed by atoms with van der Waals surface area (Å²) in [5.41, 5.74) is 0.337. The van der Waals surface area contributed by atoms with Gasteiger partial charge in [0.05, 0.1) is 18.4 Å². The van der Waals surface area contributed by atoms with Crippen LogP contribution in [0.2, 0.25) is 0 Å². The third-order valence-electron chi connectivity index (χ3n) is 4.84. The van der Waals surface area contributed by atoms with Crippen LogP contribution in [0.5, 0.6) is 5.75 Å². The van der Waals surface area contributed by atoms with E-state index in [1.165, 1.54) is 28.4 Å². The smallest absolute Gasteiger partial charge is 0.416 e. The zero-order valence-electron chi connectivity index (χ0n) is 17.5. The molecule has 4 rings (SSSR count). The molecular formula is C24H19F3N2O3S. The fourth-order valence-corrected chi connectivity index (χ4v) is 4.00. The number of rotatable bonds is 7. The van der Waals surface area contributed by atoms with Crippen LogP contribution in [0.1, 0.15) is 27.4 Å². The van der Waals surface area contributed by atoms with Crippen LogP contribution >= 0.6 is 11.3 Å². The number of furan rings is 1. The molecule has 33 heavy (non-hydrogen) atoms. The Hall–Kier alpha value is -3.59. The fraction of sp³-hybridized carbons (Fsp3) is 0.167. The minimum absolute atomic E-state index is 0.0529. The predicted octanol–water partition coefficient (Wildman–Crippen LogP) is 6.27. The van der Waals surface area contributed by atoms with Crippen LogP contribution in [0.25, 0.3) is 10.6 Å². The van der Waals surface area contributed by atoms with Crippen molar-refractivity contribution >= 4 is 17.2 Å². The van der Waals surface area contributed by atoms with Crippen LogP contribution in [0.4, 0.5) is 13.2 Å². The Bertz CT molecular complexity index is 1240. The molecule has 0 saturated carbocycles. The Morgan fingerprint density at radius 2 is 1.94 bits per heavy atom. The highest BCUT2D eigenvalue weighted by atomic mass is 32.1. The summed E-state index contributed by atoms with van der Waals surface area (Å²) < 4.78 is 50.5. The highest BCUT2D eigenvalue weighted by Crippen LogP contribution is 2.33. The summed E-state index contributed by atoms with van der Waals surface area (Å²) >= 11 is 1.30. The van der Waals surface area contributed by atoms with E-state index in [4.69, 9.17) is 9.15 Å². The topological polar surface area (TPSA) is 55.6 Å². The predicted molar refractivity (Wildman–Crippen MR) is 118 cm³/mol. The maximum atomic E-state index is 13.2. The number of nitrogens with zero attached hydrogens (tertiary/aromatic N) is 2. The number of hydrogen-bond donors (Lipinski definition) is 0. The van der Waals surface area contributed by atoms with E-state index < -0.39 is 11.7 Å². The maximum absolute atomic E-state index is 13.2. The van der Waals surface area contributed by atoms with Gasteiger partial charge in [0.2, 0.25) is 0 Å². The van der Waals surface area contributed by atoms with Crippen LogP contribution in [-0.4, -0.2) is 22.8 Å². The van der Waals surface area contributed by atoms with Crippen molar-refractivity contribution in [1.82, 2.24) is 9.88 Å². The van der Waals surface area contributed by atoms with Gasteiger partial charge in [-0.3, -0.25) is 4.79 Å². The molecule has 2 aromatic heterocycles. The molecule has 170 valence electrons. The molecular weight excluding hydrogens is 453 g/mol. The van der Waals surface area contributed by atoms with E-state index in [9.17, 15) is 18.0 Å². The normalized spacial score (nSPS) is 11.4. The van der Waals surface area contributed by atoms with E-state index in [1.54, 1.807) is 61.2 Å². The van der Waals surface area contributed by atoms with Crippen LogP contribution in [0, 0.1) is 0 Å². The van der Waals surface area contributed by atoms with Gasteiger partial charge >= 0.3 is 6.18 Å². The number of halogens is 3. The number of ether oxygens (including phenoxy) is 1. The van der Waals surface area contributed by atoms with Gasteiger partial charge in [-0.05, 0) is 30.3 Å². The molecule has 0 aliphatic heterocycles. The first-order chi connectivity index (χ1) is 15.8. The molecule has 0 fully saturated rings. The Labute approximate surface area is 192 Å². The third-order valence-corrected chi connectivity index (χ3v) is 5.73. The van der Waals surface area contributed by atoms with E-state index in [0.717, 1.165) is 6.07 Å². The molecule has 0 radical (unpaired) electrons. The van der Waals surface area contributed by atoms with Gasteiger partial charge < -0.3 is 14.1 Å². The molecule has 0 spiro atoms. The van der Waals surface area contributed by atoms with Crippen LogP contribution in [0.15, 0.2) is 76.7 Å². The van der Waals surface area contributed by atoms with Crippen LogP contribution in [0.3, 0.4) is 0 Å². The second kappa shape index (κ2) is 9.50. The van der Waals surface area contributed by atoms with Crippen molar-refractivity contribution in [2.24, 2.45) is 0 Å². The molecule has 2 aromatic carbocycles. The lowest BCUT2D eigenvalue weighted by Crippen LogP contribution is -2.26. The van der Waals surface area contributed by atoms with Gasteiger partial charge in [-0.2, -0.15) is 13.2 Å². The van der Waals surface area contributed by atoms with Crippen LogP contribution < -0.4 is 4.74 Å². The van der Waals surface area contributed by atoms with Crippen molar-refractivity contribution in [1.29, 1.82) is 0 Å². The Morgan fingerprint density at radius 3 is 2.70 bits per heavy atom. The lowest BCUT2D eigenvalue weighted by molar-refractivity contribution is -0.138. The van der Waals surface area contributed by atoms with Gasteiger partial charge in [0.25, 0.3) is 5.91 Å². The number of alkyl halides is 3. The Balaban J connectivity index is 1.46. The molecule has 2 heterocycles. The van der Waals surface area contributed by atoms with Gasteiger partial charge in [-0.1, -0.05) is 30.3 Å². The quantitative estimate of drug-likeness (QED) is 0.318. The molecule has 0 saturated heterocycles. The van der Waals surface area contributed by atoms with Crippen molar-refractivity contribution in [3.63, 3.8) is 0 Å². The summed E-state index contributed by atoms with van der Waals surface area (Å²) in [5, 5.41) is 2.27. The lowest BCUT2D eigenvalue weighted by Gasteiger charge is -2.14. The Kier molecular flexibility index (Phi) is 6.50. The zero-order valence-corrected chi connectivity index (χ0v) is 18.3. The molecule has 5 nitrogen and oxygen atoms in total. The average molecular weight is 472 g/mol. The summed E-state index contributed by atoms with van der Waals surface area (Å²) in [4.78, 5) is 18.6. The second-order valence-corrected chi connectivity index (χ2v) is 8.11. The van der Waals surface area contributed by atoms with Gasteiger partial charge in [0, 0.05) is 23.6 Å². The fourth-order valence-electron chi connectivity index (χ4n) is 3.21. The third kappa shape index (κ3) is 5.43. The van der Waals surface area contributed by atoms with Gasteiger partial charge in [-0.25, -0.2) is 4.98 Å². The first-order valence-electron chi connectivity index (χ1n) is 9.93. The molecule has 1 amide bonds. The largest absolute Gasteiger partial charge is 0.489 e. The number of aromatic nitrogens is 1.